The Morgan fingerprint density at radius 1 is 1.06 bits per heavy atom. The number of thioether (sulfide) groups is 2. The van der Waals surface area contributed by atoms with Crippen molar-refractivity contribution in [3.8, 4) is 0 Å². The Balaban J connectivity index is -0.0000000655. The fourth-order valence-corrected chi connectivity index (χ4v) is 0. The van der Waals surface area contributed by atoms with Crippen molar-refractivity contribution in [2.45, 2.75) is 0 Å². The molecule has 9 nitrogen and oxygen atoms in total. The Morgan fingerprint density at radius 2 is 1.12 bits per heavy atom. The molecule has 0 aliphatic heterocycles. The van der Waals surface area contributed by atoms with Crippen molar-refractivity contribution >= 4 is 44.3 Å². The third kappa shape index (κ3) is 174. The molecular formula is C4H16N4O5S3. The lowest BCUT2D eigenvalue weighted by atomic mass is 11.4. The Labute approximate surface area is 102 Å². The highest BCUT2D eigenvalue weighted by molar-refractivity contribution is 8.13. The van der Waals surface area contributed by atoms with Crippen molar-refractivity contribution in [1.29, 1.82) is 10.8 Å². The van der Waals surface area contributed by atoms with E-state index in [9.17, 15) is 0 Å². The molecule has 0 aliphatic carbocycles. The van der Waals surface area contributed by atoms with E-state index in [4.69, 9.17) is 39.8 Å². The van der Waals surface area contributed by atoms with E-state index < -0.39 is 10.4 Å². The number of amidine groups is 2. The van der Waals surface area contributed by atoms with Crippen LogP contribution in [0.5, 0.6) is 0 Å². The average molecular weight is 296 g/mol. The molecule has 0 spiro atoms. The van der Waals surface area contributed by atoms with Gasteiger partial charge in [-0.05, 0) is 12.5 Å². The second kappa shape index (κ2) is 14.5. The second-order valence-electron chi connectivity index (χ2n) is 1.58. The van der Waals surface area contributed by atoms with Gasteiger partial charge in [-0.2, -0.15) is 8.42 Å². The number of hydrogen-bond acceptors (Lipinski definition) is 6. The maximum atomic E-state index is 8.74. The standard InChI is InChI=1S/2C2H6N2S.H2O4S.H2O/c2*1-5-2(3)4;1-5(2,3)4;/h2*1H3,(H3,3,4);(H2,1,2,3,4);1H2. The lowest BCUT2D eigenvalue weighted by Gasteiger charge is -1.78. The summed E-state index contributed by atoms with van der Waals surface area (Å²) < 4.78 is 31.6. The minimum atomic E-state index is -4.67. The zero-order chi connectivity index (χ0) is 13.1. The zero-order valence-electron chi connectivity index (χ0n) is 8.59. The van der Waals surface area contributed by atoms with Gasteiger partial charge in [0.15, 0.2) is 10.3 Å². The Hall–Kier alpha value is -0.530. The molecular weight excluding hydrogens is 280 g/mol. The van der Waals surface area contributed by atoms with E-state index in [-0.39, 0.29) is 15.8 Å². The highest BCUT2D eigenvalue weighted by Gasteiger charge is 1.84. The summed E-state index contributed by atoms with van der Waals surface area (Å²) in [5.74, 6) is 0. The molecule has 100 valence electrons. The monoisotopic (exact) mass is 296 g/mol. The summed E-state index contributed by atoms with van der Waals surface area (Å²) in [7, 11) is -4.67. The van der Waals surface area contributed by atoms with Gasteiger partial charge in [0.2, 0.25) is 0 Å². The molecule has 0 heterocycles. The minimum Gasteiger partial charge on any atom is -0.412 e. The first kappa shape index (κ1) is 24.6. The molecule has 0 aromatic heterocycles. The van der Waals surface area contributed by atoms with Gasteiger partial charge in [-0.25, -0.2) is 0 Å². The highest BCUT2D eigenvalue weighted by atomic mass is 32.3. The van der Waals surface area contributed by atoms with E-state index in [1.807, 2.05) is 0 Å². The molecule has 0 rings (SSSR count). The fraction of sp³-hybridized carbons (Fsp3) is 0.500. The summed E-state index contributed by atoms with van der Waals surface area (Å²) in [4.78, 5) is 0. The summed E-state index contributed by atoms with van der Waals surface area (Å²) in [5, 5.41) is 13.3. The molecule has 0 aliphatic rings. The predicted octanol–water partition coefficient (Wildman–Crippen LogP) is -0.992. The van der Waals surface area contributed by atoms with Crippen LogP contribution in [0.2, 0.25) is 0 Å². The third-order valence-electron chi connectivity index (χ3n) is 0.440. The molecule has 16 heavy (non-hydrogen) atoms. The lowest BCUT2D eigenvalue weighted by molar-refractivity contribution is 0.381. The van der Waals surface area contributed by atoms with Crippen LogP contribution in [0.1, 0.15) is 0 Å². The molecule has 0 aromatic rings. The average Bonchev–Trinajstić information content (AvgIpc) is 2.02. The molecule has 0 unspecified atom stereocenters. The predicted molar refractivity (Wildman–Crippen MR) is 68.6 cm³/mol. The maximum absolute atomic E-state index is 8.74. The quantitative estimate of drug-likeness (QED) is 0.185. The minimum absolute atomic E-state index is 0. The first-order valence-corrected chi connectivity index (χ1v) is 6.85. The fourth-order valence-electron chi connectivity index (χ4n) is 0. The number of nitrogens with one attached hydrogen (secondary N) is 2. The summed E-state index contributed by atoms with van der Waals surface area (Å²) in [5.41, 5.74) is 9.68. The molecule has 0 atom stereocenters. The number of rotatable bonds is 0. The van der Waals surface area contributed by atoms with E-state index >= 15 is 0 Å². The van der Waals surface area contributed by atoms with E-state index in [0.717, 1.165) is 0 Å². The van der Waals surface area contributed by atoms with Gasteiger partial charge in [0.25, 0.3) is 0 Å². The third-order valence-corrected chi connectivity index (χ3v) is 1.32. The van der Waals surface area contributed by atoms with Crippen LogP contribution in [0.4, 0.5) is 0 Å². The molecule has 0 fully saturated rings. The van der Waals surface area contributed by atoms with Gasteiger partial charge in [0.05, 0.1) is 0 Å². The van der Waals surface area contributed by atoms with E-state index in [2.05, 4.69) is 0 Å². The van der Waals surface area contributed by atoms with Crippen molar-refractivity contribution < 1.29 is 23.0 Å². The Morgan fingerprint density at radius 3 is 1.12 bits per heavy atom. The lowest BCUT2D eigenvalue weighted by Crippen LogP contribution is -2.01. The summed E-state index contributed by atoms with van der Waals surface area (Å²) in [6.45, 7) is 0. The summed E-state index contributed by atoms with van der Waals surface area (Å²) in [6, 6.07) is 0. The topological polar surface area (TPSA) is 206 Å². The van der Waals surface area contributed by atoms with Crippen LogP contribution < -0.4 is 11.5 Å². The molecule has 0 saturated carbocycles. The summed E-state index contributed by atoms with van der Waals surface area (Å²) in [6.07, 6.45) is 3.53. The molecule has 0 aromatic carbocycles. The highest BCUT2D eigenvalue weighted by Crippen LogP contribution is 1.83. The maximum Gasteiger partial charge on any atom is 0.394 e. The Kier molecular flexibility index (Phi) is 22.3. The van der Waals surface area contributed by atoms with Crippen LogP contribution in [0.15, 0.2) is 0 Å². The van der Waals surface area contributed by atoms with Crippen LogP contribution in [-0.2, 0) is 10.4 Å². The number of hydrogen-bond donors (Lipinski definition) is 6. The first-order valence-electron chi connectivity index (χ1n) is 3.00. The summed E-state index contributed by atoms with van der Waals surface area (Å²) >= 11 is 2.48. The second-order valence-corrected chi connectivity index (χ2v) is 4.18. The van der Waals surface area contributed by atoms with Crippen molar-refractivity contribution in [3.63, 3.8) is 0 Å². The smallest absolute Gasteiger partial charge is 0.394 e. The van der Waals surface area contributed by atoms with Gasteiger partial charge in [-0.1, -0.05) is 23.5 Å². The van der Waals surface area contributed by atoms with Gasteiger partial charge in [-0.15, -0.1) is 0 Å². The Bertz CT molecular complexity index is 257. The number of nitrogens with two attached hydrogens (primary N) is 2. The molecule has 0 bridgehead atoms. The SMILES string of the molecule is CSC(=N)N.CSC(=N)N.O.O=S(=O)(O)O. The largest absolute Gasteiger partial charge is 0.412 e. The molecule has 0 amide bonds. The van der Waals surface area contributed by atoms with E-state index in [1.54, 1.807) is 12.5 Å². The first-order chi connectivity index (χ1) is 6.54. The van der Waals surface area contributed by atoms with Crippen molar-refractivity contribution in [2.75, 3.05) is 12.5 Å². The van der Waals surface area contributed by atoms with Gasteiger partial charge in [0.1, 0.15) is 0 Å². The van der Waals surface area contributed by atoms with Crippen LogP contribution in [0, 0.1) is 10.8 Å². The molecule has 10 N–H and O–H groups in total. The van der Waals surface area contributed by atoms with Crippen molar-refractivity contribution in [2.24, 2.45) is 11.5 Å². The molecule has 0 radical (unpaired) electrons. The van der Waals surface area contributed by atoms with Gasteiger partial charge in [-0.3, -0.25) is 19.9 Å². The van der Waals surface area contributed by atoms with Crippen LogP contribution >= 0.6 is 23.5 Å². The van der Waals surface area contributed by atoms with Crippen LogP contribution in [0.25, 0.3) is 0 Å². The molecule has 0 saturated heterocycles. The zero-order valence-corrected chi connectivity index (χ0v) is 11.0. The normalized spacial score (nSPS) is 8.25. The van der Waals surface area contributed by atoms with Gasteiger partial charge >= 0.3 is 10.4 Å². The van der Waals surface area contributed by atoms with E-state index in [0.29, 0.717) is 0 Å². The van der Waals surface area contributed by atoms with Crippen LogP contribution in [0.3, 0.4) is 0 Å². The van der Waals surface area contributed by atoms with Gasteiger partial charge < -0.3 is 16.9 Å². The van der Waals surface area contributed by atoms with Crippen molar-refractivity contribution in [3.05, 3.63) is 0 Å². The van der Waals surface area contributed by atoms with Crippen molar-refractivity contribution in [1.82, 2.24) is 0 Å². The van der Waals surface area contributed by atoms with Gasteiger partial charge in [0, 0.05) is 0 Å². The molecule has 12 heteroatoms. The van der Waals surface area contributed by atoms with Crippen LogP contribution in [-0.4, -0.2) is 45.8 Å². The van der Waals surface area contributed by atoms with E-state index in [1.165, 1.54) is 23.5 Å².